The molecule has 1 aliphatic heterocycles. The van der Waals surface area contributed by atoms with Crippen molar-refractivity contribution in [1.29, 1.82) is 0 Å². The Hall–Kier alpha value is -1.08. The fourth-order valence-electron chi connectivity index (χ4n) is 1.51. The van der Waals surface area contributed by atoms with Gasteiger partial charge in [-0.1, -0.05) is 9.59 Å². The molecule has 14 heavy (non-hydrogen) atoms. The number of hydrogen-bond acceptors (Lipinski definition) is 6. The summed E-state index contributed by atoms with van der Waals surface area (Å²) in [5.74, 6) is -0.0250. The summed E-state index contributed by atoms with van der Waals surface area (Å²) >= 11 is 1.08. The Labute approximate surface area is 85.3 Å². The molecule has 76 valence electrons. The van der Waals surface area contributed by atoms with Crippen molar-refractivity contribution in [2.45, 2.75) is 25.3 Å². The van der Waals surface area contributed by atoms with Crippen LogP contribution in [0.4, 0.5) is 5.13 Å². The van der Waals surface area contributed by atoms with Crippen molar-refractivity contribution >= 4 is 22.6 Å². The third kappa shape index (κ3) is 2.46. The zero-order valence-electron chi connectivity index (χ0n) is 7.56. The highest BCUT2D eigenvalue weighted by Crippen LogP contribution is 2.11. The van der Waals surface area contributed by atoms with E-state index < -0.39 is 0 Å². The number of amides is 1. The molecular formula is C7H11N5OS. The molecule has 1 aromatic rings. The van der Waals surface area contributed by atoms with Crippen LogP contribution < -0.4 is 10.6 Å². The number of carbonyl (C=O) groups is 1. The van der Waals surface area contributed by atoms with Crippen LogP contribution in [0.25, 0.3) is 0 Å². The standard InChI is InChI=1S/C7H11N5OS/c13-6(4-5-2-1-3-8-5)9-7-10-11-12-14-7/h5,8H,1-4H2,(H,9,10,12,13). The summed E-state index contributed by atoms with van der Waals surface area (Å²) < 4.78 is 3.56. The van der Waals surface area contributed by atoms with Crippen molar-refractivity contribution in [3.63, 3.8) is 0 Å². The highest BCUT2D eigenvalue weighted by atomic mass is 32.1. The molecule has 0 radical (unpaired) electrons. The summed E-state index contributed by atoms with van der Waals surface area (Å²) in [5, 5.41) is 13.4. The van der Waals surface area contributed by atoms with Gasteiger partial charge in [-0.2, -0.15) is 0 Å². The summed E-state index contributed by atoms with van der Waals surface area (Å²) in [6, 6.07) is 0.316. The maximum Gasteiger partial charge on any atom is 0.231 e. The Morgan fingerprint density at radius 2 is 2.64 bits per heavy atom. The van der Waals surface area contributed by atoms with Gasteiger partial charge in [-0.05, 0) is 24.6 Å². The Bertz CT molecular complexity index is 295. The first kappa shape index (κ1) is 9.47. The third-order valence-corrected chi connectivity index (χ3v) is 2.65. The van der Waals surface area contributed by atoms with E-state index in [4.69, 9.17) is 0 Å². The fourth-order valence-corrected chi connectivity index (χ4v) is 1.89. The minimum absolute atomic E-state index is 0.0250. The van der Waals surface area contributed by atoms with E-state index in [2.05, 4.69) is 25.4 Å². The third-order valence-electron chi connectivity index (χ3n) is 2.14. The van der Waals surface area contributed by atoms with Gasteiger partial charge in [-0.25, -0.2) is 0 Å². The second-order valence-electron chi connectivity index (χ2n) is 3.21. The van der Waals surface area contributed by atoms with Crippen molar-refractivity contribution in [3.8, 4) is 0 Å². The number of carbonyl (C=O) groups excluding carboxylic acids is 1. The largest absolute Gasteiger partial charge is 0.313 e. The molecule has 1 unspecified atom stereocenters. The molecule has 0 saturated carbocycles. The number of rotatable bonds is 3. The molecule has 1 saturated heterocycles. The molecule has 2 heterocycles. The Kier molecular flexibility index (Phi) is 3.00. The topological polar surface area (TPSA) is 79.8 Å². The Morgan fingerprint density at radius 1 is 1.71 bits per heavy atom. The molecule has 0 bridgehead atoms. The second kappa shape index (κ2) is 4.43. The molecule has 2 N–H and O–H groups in total. The second-order valence-corrected chi connectivity index (χ2v) is 3.95. The van der Waals surface area contributed by atoms with Crippen LogP contribution in [0.15, 0.2) is 0 Å². The predicted octanol–water partition coefficient (Wildman–Crippen LogP) is 0.0137. The van der Waals surface area contributed by atoms with Gasteiger partial charge in [0.1, 0.15) is 0 Å². The maximum absolute atomic E-state index is 11.4. The van der Waals surface area contributed by atoms with Gasteiger partial charge in [-0.15, -0.1) is 0 Å². The van der Waals surface area contributed by atoms with E-state index in [1.807, 2.05) is 0 Å². The average molecular weight is 213 g/mol. The van der Waals surface area contributed by atoms with Gasteiger partial charge in [0.05, 0.1) is 0 Å². The normalized spacial score (nSPS) is 21.0. The molecule has 0 aromatic carbocycles. The van der Waals surface area contributed by atoms with Crippen LogP contribution in [-0.2, 0) is 4.79 Å². The van der Waals surface area contributed by atoms with Crippen LogP contribution in [-0.4, -0.2) is 33.3 Å². The highest BCUT2D eigenvalue weighted by molar-refractivity contribution is 7.09. The predicted molar refractivity (Wildman–Crippen MR) is 52.0 cm³/mol. The molecule has 2 rings (SSSR count). The van der Waals surface area contributed by atoms with Crippen LogP contribution in [0.5, 0.6) is 0 Å². The van der Waals surface area contributed by atoms with Gasteiger partial charge < -0.3 is 5.32 Å². The zero-order valence-corrected chi connectivity index (χ0v) is 8.38. The summed E-state index contributed by atoms with van der Waals surface area (Å²) in [7, 11) is 0. The summed E-state index contributed by atoms with van der Waals surface area (Å²) in [6.45, 7) is 1.01. The summed E-state index contributed by atoms with van der Waals surface area (Å²) in [6.07, 6.45) is 2.72. The van der Waals surface area contributed by atoms with Crippen molar-refractivity contribution in [1.82, 2.24) is 20.1 Å². The highest BCUT2D eigenvalue weighted by Gasteiger charge is 2.18. The fraction of sp³-hybridized carbons (Fsp3) is 0.714. The minimum Gasteiger partial charge on any atom is -0.313 e. The van der Waals surface area contributed by atoms with E-state index in [0.717, 1.165) is 30.9 Å². The smallest absolute Gasteiger partial charge is 0.231 e. The van der Waals surface area contributed by atoms with E-state index in [-0.39, 0.29) is 5.91 Å². The van der Waals surface area contributed by atoms with Gasteiger partial charge in [0.25, 0.3) is 0 Å². The van der Waals surface area contributed by atoms with E-state index in [0.29, 0.717) is 17.6 Å². The molecule has 1 atom stereocenters. The Morgan fingerprint density at radius 3 is 3.29 bits per heavy atom. The molecule has 1 fully saturated rings. The van der Waals surface area contributed by atoms with Gasteiger partial charge in [0.2, 0.25) is 11.0 Å². The zero-order chi connectivity index (χ0) is 9.80. The molecule has 0 aliphatic carbocycles. The van der Waals surface area contributed by atoms with E-state index in [1.165, 1.54) is 0 Å². The molecule has 7 heteroatoms. The van der Waals surface area contributed by atoms with E-state index >= 15 is 0 Å². The van der Waals surface area contributed by atoms with E-state index in [1.54, 1.807) is 0 Å². The molecule has 1 aliphatic rings. The Balaban J connectivity index is 1.78. The number of nitrogens with zero attached hydrogens (tertiary/aromatic N) is 3. The van der Waals surface area contributed by atoms with Crippen molar-refractivity contribution in [2.75, 3.05) is 11.9 Å². The lowest BCUT2D eigenvalue weighted by Crippen LogP contribution is -2.27. The SMILES string of the molecule is O=C(CC1CCCN1)Nc1nnns1. The summed E-state index contributed by atoms with van der Waals surface area (Å²) in [5.41, 5.74) is 0. The number of hydrogen-bond donors (Lipinski definition) is 2. The van der Waals surface area contributed by atoms with Gasteiger partial charge in [0, 0.05) is 24.0 Å². The van der Waals surface area contributed by atoms with Gasteiger partial charge >= 0.3 is 0 Å². The average Bonchev–Trinajstić information content (AvgIpc) is 2.76. The number of anilines is 1. The lowest BCUT2D eigenvalue weighted by atomic mass is 10.1. The van der Waals surface area contributed by atoms with Gasteiger partial charge in [0.15, 0.2) is 0 Å². The molecule has 1 amide bonds. The van der Waals surface area contributed by atoms with E-state index in [9.17, 15) is 4.79 Å². The number of aromatic nitrogens is 3. The first-order valence-electron chi connectivity index (χ1n) is 4.53. The van der Waals surface area contributed by atoms with Crippen LogP contribution >= 0.6 is 11.5 Å². The maximum atomic E-state index is 11.4. The first-order valence-corrected chi connectivity index (χ1v) is 5.30. The molecule has 0 spiro atoms. The van der Waals surface area contributed by atoms with Crippen LogP contribution in [0.3, 0.4) is 0 Å². The molecular weight excluding hydrogens is 202 g/mol. The van der Waals surface area contributed by atoms with Gasteiger partial charge in [-0.3, -0.25) is 10.1 Å². The lowest BCUT2D eigenvalue weighted by molar-refractivity contribution is -0.116. The quantitative estimate of drug-likeness (QED) is 0.739. The monoisotopic (exact) mass is 213 g/mol. The van der Waals surface area contributed by atoms with Crippen LogP contribution in [0.1, 0.15) is 19.3 Å². The van der Waals surface area contributed by atoms with Crippen LogP contribution in [0.2, 0.25) is 0 Å². The van der Waals surface area contributed by atoms with Crippen molar-refractivity contribution < 1.29 is 4.79 Å². The van der Waals surface area contributed by atoms with Crippen molar-refractivity contribution in [3.05, 3.63) is 0 Å². The van der Waals surface area contributed by atoms with Crippen molar-refractivity contribution in [2.24, 2.45) is 0 Å². The minimum atomic E-state index is -0.0250. The van der Waals surface area contributed by atoms with Crippen LogP contribution in [0, 0.1) is 0 Å². The number of nitrogens with one attached hydrogen (secondary N) is 2. The first-order chi connectivity index (χ1) is 6.84. The molecule has 6 nitrogen and oxygen atoms in total. The lowest BCUT2D eigenvalue weighted by Gasteiger charge is -2.07. The summed E-state index contributed by atoms with van der Waals surface area (Å²) in [4.78, 5) is 11.4. The molecule has 1 aromatic heterocycles.